The Labute approximate surface area is 149 Å². The van der Waals surface area contributed by atoms with Crippen LogP contribution in [0.1, 0.15) is 40.2 Å². The highest BCUT2D eigenvalue weighted by molar-refractivity contribution is 5.96. The molecule has 0 radical (unpaired) electrons. The topological polar surface area (TPSA) is 60.0 Å². The van der Waals surface area contributed by atoms with Crippen LogP contribution in [0.15, 0.2) is 30.3 Å². The molecule has 1 amide bonds. The van der Waals surface area contributed by atoms with Crippen LogP contribution < -0.4 is 11.1 Å². The zero-order valence-corrected chi connectivity index (χ0v) is 15.3. The van der Waals surface area contributed by atoms with Gasteiger partial charge >= 0.3 is 0 Å². The number of nitrogens with two attached hydrogens (primary N) is 1. The van der Waals surface area contributed by atoms with Gasteiger partial charge in [0.05, 0.1) is 5.56 Å². The molecule has 2 aromatic rings. The Morgan fingerprint density at radius 3 is 2.58 bits per heavy atom. The summed E-state index contributed by atoms with van der Waals surface area (Å²) in [6.07, 6.45) is 2.39. The number of hydrogen-bond acceptors (Lipinski definition) is 2. The molecule has 1 saturated carbocycles. The van der Waals surface area contributed by atoms with Gasteiger partial charge in [-0.05, 0) is 57.2 Å². The zero-order valence-electron chi connectivity index (χ0n) is 14.5. The number of hydrogen-bond donors (Lipinski definition) is 2. The van der Waals surface area contributed by atoms with E-state index in [1.54, 1.807) is 0 Å². The summed E-state index contributed by atoms with van der Waals surface area (Å²) in [7, 11) is 0. The van der Waals surface area contributed by atoms with Crippen molar-refractivity contribution < 1.29 is 4.79 Å². The minimum Gasteiger partial charge on any atom is -0.350 e. The van der Waals surface area contributed by atoms with Gasteiger partial charge in [-0.3, -0.25) is 4.79 Å². The second kappa shape index (κ2) is 7.41. The van der Waals surface area contributed by atoms with Gasteiger partial charge in [-0.25, -0.2) is 0 Å². The number of carbonyl (C=O) groups excluding carboxylic acids is 1. The molecule has 1 aromatic carbocycles. The van der Waals surface area contributed by atoms with Crippen LogP contribution in [0.2, 0.25) is 0 Å². The molecule has 0 spiro atoms. The standard InChI is InChI=1S/C19H25N3O.ClH/c1-12-6-4-5-7-18(12)22-13(2)10-16(14(22)3)19(23)21-11-17(20)15-8-9-15;/h4-7,10,15,17H,8-9,11,20H2,1-3H3,(H,21,23);1H. The van der Waals surface area contributed by atoms with E-state index >= 15 is 0 Å². The summed E-state index contributed by atoms with van der Waals surface area (Å²) in [5, 5.41) is 2.99. The van der Waals surface area contributed by atoms with Gasteiger partial charge in [-0.2, -0.15) is 0 Å². The van der Waals surface area contributed by atoms with E-state index < -0.39 is 0 Å². The Morgan fingerprint density at radius 2 is 1.96 bits per heavy atom. The van der Waals surface area contributed by atoms with Gasteiger partial charge in [0.1, 0.15) is 0 Å². The van der Waals surface area contributed by atoms with Crippen LogP contribution in [-0.4, -0.2) is 23.1 Å². The average Bonchev–Trinajstić information content (AvgIpc) is 3.32. The molecule has 24 heavy (non-hydrogen) atoms. The van der Waals surface area contributed by atoms with Crippen LogP contribution in [0.4, 0.5) is 0 Å². The van der Waals surface area contributed by atoms with Crippen molar-refractivity contribution in [1.29, 1.82) is 0 Å². The molecule has 1 aliphatic rings. The van der Waals surface area contributed by atoms with Crippen LogP contribution in [-0.2, 0) is 0 Å². The lowest BCUT2D eigenvalue weighted by Crippen LogP contribution is -2.38. The Bertz CT molecular complexity index is 734. The molecule has 5 heteroatoms. The van der Waals surface area contributed by atoms with E-state index in [-0.39, 0.29) is 24.4 Å². The summed E-state index contributed by atoms with van der Waals surface area (Å²) < 4.78 is 2.14. The van der Waals surface area contributed by atoms with Crippen molar-refractivity contribution in [2.45, 2.75) is 39.7 Å². The summed E-state index contributed by atoms with van der Waals surface area (Å²) in [6.45, 7) is 6.67. The van der Waals surface area contributed by atoms with Crippen LogP contribution >= 0.6 is 12.4 Å². The van der Waals surface area contributed by atoms with Crippen molar-refractivity contribution in [2.24, 2.45) is 11.7 Å². The van der Waals surface area contributed by atoms with Gasteiger partial charge in [0.15, 0.2) is 0 Å². The number of carbonyl (C=O) groups is 1. The third-order valence-electron chi connectivity index (χ3n) is 4.76. The van der Waals surface area contributed by atoms with Crippen molar-refractivity contribution >= 4 is 18.3 Å². The largest absolute Gasteiger partial charge is 0.350 e. The number of aryl methyl sites for hydroxylation is 2. The first-order valence-corrected chi connectivity index (χ1v) is 8.27. The molecule has 1 atom stereocenters. The minimum atomic E-state index is -0.0333. The van der Waals surface area contributed by atoms with Crippen LogP contribution in [0.3, 0.4) is 0 Å². The molecule has 4 nitrogen and oxygen atoms in total. The summed E-state index contributed by atoms with van der Waals surface area (Å²) in [6, 6.07) is 10.3. The Morgan fingerprint density at radius 1 is 1.29 bits per heavy atom. The van der Waals surface area contributed by atoms with E-state index in [4.69, 9.17) is 5.73 Å². The number of para-hydroxylation sites is 1. The predicted octanol–water partition coefficient (Wildman–Crippen LogP) is 3.29. The van der Waals surface area contributed by atoms with Crippen LogP contribution in [0, 0.1) is 26.7 Å². The fourth-order valence-corrected chi connectivity index (χ4v) is 3.17. The third kappa shape index (κ3) is 3.65. The minimum absolute atomic E-state index is 0. The quantitative estimate of drug-likeness (QED) is 0.871. The molecule has 1 fully saturated rings. The SMILES string of the molecule is Cc1ccccc1-n1c(C)cc(C(=O)NCC(N)C2CC2)c1C.Cl. The molecule has 0 saturated heterocycles. The first-order chi connectivity index (χ1) is 11.0. The van der Waals surface area contributed by atoms with Crippen molar-refractivity contribution in [3.8, 4) is 5.69 Å². The van der Waals surface area contributed by atoms with Gasteiger partial charge in [0.2, 0.25) is 0 Å². The van der Waals surface area contributed by atoms with Gasteiger partial charge < -0.3 is 15.6 Å². The molecule has 1 aliphatic carbocycles. The van der Waals surface area contributed by atoms with E-state index in [1.165, 1.54) is 18.4 Å². The van der Waals surface area contributed by atoms with Crippen molar-refractivity contribution in [2.75, 3.05) is 6.54 Å². The van der Waals surface area contributed by atoms with Gasteiger partial charge in [0, 0.05) is 29.7 Å². The molecular weight excluding hydrogens is 322 g/mol. The maximum absolute atomic E-state index is 12.5. The van der Waals surface area contributed by atoms with Gasteiger partial charge in [0.25, 0.3) is 5.91 Å². The predicted molar refractivity (Wildman–Crippen MR) is 100 cm³/mol. The second-order valence-electron chi connectivity index (χ2n) is 6.62. The van der Waals surface area contributed by atoms with E-state index in [9.17, 15) is 4.79 Å². The first-order valence-electron chi connectivity index (χ1n) is 8.27. The first kappa shape index (κ1) is 18.6. The maximum atomic E-state index is 12.5. The number of benzene rings is 1. The molecule has 1 heterocycles. The summed E-state index contributed by atoms with van der Waals surface area (Å²) >= 11 is 0. The lowest BCUT2D eigenvalue weighted by Gasteiger charge is -2.13. The number of nitrogens with one attached hydrogen (secondary N) is 1. The van der Waals surface area contributed by atoms with E-state index in [0.717, 1.165) is 22.6 Å². The van der Waals surface area contributed by atoms with Gasteiger partial charge in [-0.15, -0.1) is 12.4 Å². The highest BCUT2D eigenvalue weighted by atomic mass is 35.5. The zero-order chi connectivity index (χ0) is 16.6. The number of nitrogens with zero attached hydrogens (tertiary/aromatic N) is 1. The summed E-state index contributed by atoms with van der Waals surface area (Å²) in [5.74, 6) is 0.559. The molecule has 0 aliphatic heterocycles. The van der Waals surface area contributed by atoms with Crippen LogP contribution in [0.25, 0.3) is 5.69 Å². The lowest BCUT2D eigenvalue weighted by molar-refractivity contribution is 0.0949. The molecular formula is C19H26ClN3O. The Balaban J connectivity index is 0.00000208. The van der Waals surface area contributed by atoms with Crippen molar-refractivity contribution in [3.05, 3.63) is 52.8 Å². The van der Waals surface area contributed by atoms with E-state index in [2.05, 4.69) is 28.9 Å². The second-order valence-corrected chi connectivity index (χ2v) is 6.62. The Kier molecular flexibility index (Phi) is 5.73. The van der Waals surface area contributed by atoms with Crippen LogP contribution in [0.5, 0.6) is 0 Å². The normalized spacial score (nSPS) is 14.8. The molecule has 1 aromatic heterocycles. The van der Waals surface area contributed by atoms with Crippen molar-refractivity contribution in [3.63, 3.8) is 0 Å². The number of aromatic nitrogens is 1. The van der Waals surface area contributed by atoms with E-state index in [1.807, 2.05) is 32.0 Å². The fraction of sp³-hybridized carbons (Fsp3) is 0.421. The third-order valence-corrected chi connectivity index (χ3v) is 4.76. The molecule has 1 unspecified atom stereocenters. The number of amides is 1. The summed E-state index contributed by atoms with van der Waals surface area (Å²) in [5.41, 5.74) is 11.1. The number of rotatable bonds is 5. The maximum Gasteiger partial charge on any atom is 0.253 e. The lowest BCUT2D eigenvalue weighted by atomic mass is 10.1. The van der Waals surface area contributed by atoms with Gasteiger partial charge in [-0.1, -0.05) is 18.2 Å². The molecule has 0 bridgehead atoms. The highest BCUT2D eigenvalue weighted by Gasteiger charge is 2.28. The number of halogens is 1. The monoisotopic (exact) mass is 347 g/mol. The highest BCUT2D eigenvalue weighted by Crippen LogP contribution is 2.31. The molecule has 3 rings (SSSR count). The smallest absolute Gasteiger partial charge is 0.253 e. The molecule has 130 valence electrons. The van der Waals surface area contributed by atoms with Crippen molar-refractivity contribution in [1.82, 2.24) is 9.88 Å². The van der Waals surface area contributed by atoms with E-state index in [0.29, 0.717) is 12.5 Å². The average molecular weight is 348 g/mol. The summed E-state index contributed by atoms with van der Waals surface area (Å²) in [4.78, 5) is 12.5. The Hall–Kier alpha value is -1.78. The molecule has 3 N–H and O–H groups in total. The fourth-order valence-electron chi connectivity index (χ4n) is 3.17.